The van der Waals surface area contributed by atoms with Gasteiger partial charge in [-0.1, -0.05) is 59.8 Å². The van der Waals surface area contributed by atoms with E-state index in [4.69, 9.17) is 9.68 Å². The van der Waals surface area contributed by atoms with E-state index in [1.54, 1.807) is 11.2 Å². The van der Waals surface area contributed by atoms with Crippen LogP contribution in [0.1, 0.15) is 30.2 Å². The number of anilines is 1. The van der Waals surface area contributed by atoms with Crippen molar-refractivity contribution in [1.82, 2.24) is 14.8 Å². The van der Waals surface area contributed by atoms with Crippen LogP contribution in [-0.4, -0.2) is 32.5 Å². The molecule has 0 N–H and O–H groups in total. The molecule has 1 unspecified atom stereocenters. The van der Waals surface area contributed by atoms with Gasteiger partial charge in [0.1, 0.15) is 5.76 Å². The highest BCUT2D eigenvalue weighted by molar-refractivity contribution is 8.00. The molecular weight excluding hydrogens is 458 g/mol. The van der Waals surface area contributed by atoms with Gasteiger partial charge >= 0.3 is 0 Å². The quantitative estimate of drug-likeness (QED) is 0.286. The van der Waals surface area contributed by atoms with E-state index in [0.717, 1.165) is 28.1 Å². The molecule has 1 amide bonds. The topological polar surface area (TPSA) is 87.9 Å². The number of furan rings is 1. The molecular formula is C27H27N5O2S. The van der Waals surface area contributed by atoms with Gasteiger partial charge in [0.25, 0.3) is 0 Å². The third-order valence-electron chi connectivity index (χ3n) is 5.69. The molecule has 0 aliphatic carbocycles. The van der Waals surface area contributed by atoms with E-state index in [2.05, 4.69) is 28.4 Å². The normalized spacial score (nSPS) is 11.7. The summed E-state index contributed by atoms with van der Waals surface area (Å²) in [6.45, 7) is 6.66. The highest BCUT2D eigenvalue weighted by Crippen LogP contribution is 2.31. The van der Waals surface area contributed by atoms with Crippen LogP contribution < -0.4 is 4.90 Å². The van der Waals surface area contributed by atoms with Gasteiger partial charge in [-0.3, -0.25) is 9.36 Å². The molecule has 0 bridgehead atoms. The number of thioether (sulfide) groups is 1. The minimum atomic E-state index is -0.438. The Labute approximate surface area is 209 Å². The molecule has 0 aliphatic rings. The second kappa shape index (κ2) is 11.1. The Morgan fingerprint density at radius 3 is 2.51 bits per heavy atom. The highest BCUT2D eigenvalue weighted by Gasteiger charge is 2.26. The second-order valence-electron chi connectivity index (χ2n) is 8.26. The highest BCUT2D eigenvalue weighted by atomic mass is 32.2. The number of aryl methyl sites for hydroxylation is 2. The monoisotopic (exact) mass is 485 g/mol. The zero-order valence-corrected chi connectivity index (χ0v) is 20.8. The Hall–Kier alpha value is -3.83. The number of nitriles is 1. The summed E-state index contributed by atoms with van der Waals surface area (Å²) < 4.78 is 7.52. The molecule has 0 fully saturated rings. The minimum Gasteiger partial charge on any atom is -0.469 e. The van der Waals surface area contributed by atoms with Crippen LogP contribution in [0.4, 0.5) is 5.69 Å². The molecule has 35 heavy (non-hydrogen) atoms. The van der Waals surface area contributed by atoms with Crippen LogP contribution in [0.3, 0.4) is 0 Å². The third-order valence-corrected chi connectivity index (χ3v) is 6.76. The van der Waals surface area contributed by atoms with Crippen LogP contribution in [0.5, 0.6) is 0 Å². The van der Waals surface area contributed by atoms with E-state index >= 15 is 0 Å². The van der Waals surface area contributed by atoms with Crippen LogP contribution in [0.2, 0.25) is 0 Å². The lowest BCUT2D eigenvalue weighted by Gasteiger charge is -2.25. The van der Waals surface area contributed by atoms with E-state index < -0.39 is 5.25 Å². The number of carbonyl (C=O) groups excluding carboxylic acids is 1. The van der Waals surface area contributed by atoms with Gasteiger partial charge in [0, 0.05) is 12.2 Å². The molecule has 2 aromatic carbocycles. The molecule has 0 saturated heterocycles. The first-order valence-electron chi connectivity index (χ1n) is 11.4. The molecule has 7 nitrogen and oxygen atoms in total. The molecule has 0 radical (unpaired) electrons. The molecule has 2 aromatic heterocycles. The number of carbonyl (C=O) groups is 1. The van der Waals surface area contributed by atoms with Crippen molar-refractivity contribution in [2.24, 2.45) is 0 Å². The lowest BCUT2D eigenvalue weighted by molar-refractivity contribution is -0.117. The molecule has 0 saturated carbocycles. The summed E-state index contributed by atoms with van der Waals surface area (Å²) in [6, 6.07) is 21.9. The van der Waals surface area contributed by atoms with Crippen LogP contribution in [0.15, 0.2) is 76.5 Å². The van der Waals surface area contributed by atoms with Gasteiger partial charge in [0.05, 0.1) is 36.1 Å². The van der Waals surface area contributed by atoms with E-state index in [9.17, 15) is 4.79 Å². The maximum atomic E-state index is 13.5. The first-order chi connectivity index (χ1) is 17.0. The van der Waals surface area contributed by atoms with Crippen molar-refractivity contribution in [3.8, 4) is 17.5 Å². The molecule has 8 heteroatoms. The number of benzene rings is 2. The summed E-state index contributed by atoms with van der Waals surface area (Å²) in [4.78, 5) is 15.2. The fourth-order valence-electron chi connectivity index (χ4n) is 3.78. The number of hydrogen-bond acceptors (Lipinski definition) is 6. The maximum Gasteiger partial charge on any atom is 0.240 e. The van der Waals surface area contributed by atoms with Crippen LogP contribution in [0.25, 0.3) is 11.4 Å². The summed E-state index contributed by atoms with van der Waals surface area (Å²) in [5, 5.41) is 18.2. The molecule has 4 rings (SSSR count). The zero-order chi connectivity index (χ0) is 24.8. The largest absolute Gasteiger partial charge is 0.469 e. The summed E-state index contributed by atoms with van der Waals surface area (Å²) in [5.74, 6) is 1.38. The lowest BCUT2D eigenvalue weighted by Crippen LogP contribution is -2.37. The SMILES string of the molecule is Cc1ccc(N(CCC#N)C(=O)C(C)Sc2nnc(-c3ccoc3C)n2Cc2ccccc2)cc1. The smallest absolute Gasteiger partial charge is 0.240 e. The van der Waals surface area contributed by atoms with Gasteiger partial charge in [0.2, 0.25) is 5.91 Å². The Balaban J connectivity index is 1.63. The minimum absolute atomic E-state index is 0.0793. The van der Waals surface area contributed by atoms with Crippen molar-refractivity contribution in [2.75, 3.05) is 11.4 Å². The molecule has 178 valence electrons. The van der Waals surface area contributed by atoms with Gasteiger partial charge in [-0.25, -0.2) is 0 Å². The number of nitrogens with zero attached hydrogens (tertiary/aromatic N) is 5. The molecule has 0 aliphatic heterocycles. The summed E-state index contributed by atoms with van der Waals surface area (Å²) >= 11 is 1.37. The Morgan fingerprint density at radius 2 is 1.86 bits per heavy atom. The van der Waals surface area contributed by atoms with Crippen LogP contribution in [0, 0.1) is 25.2 Å². The number of hydrogen-bond donors (Lipinski definition) is 0. The fraction of sp³-hybridized carbons (Fsp3) is 0.259. The first kappa shape index (κ1) is 24.3. The second-order valence-corrected chi connectivity index (χ2v) is 9.57. The molecule has 1 atom stereocenters. The average Bonchev–Trinajstić information content (AvgIpc) is 3.46. The predicted octanol–water partition coefficient (Wildman–Crippen LogP) is 5.63. The number of rotatable bonds is 9. The van der Waals surface area contributed by atoms with Gasteiger partial charge in [-0.05, 0) is 44.5 Å². The summed E-state index contributed by atoms with van der Waals surface area (Å²) in [5.41, 5.74) is 3.86. The fourth-order valence-corrected chi connectivity index (χ4v) is 4.69. The number of aromatic nitrogens is 3. The standard InChI is InChI=1S/C27H27N5O2S/c1-19-10-12-23(13-11-19)31(16-7-15-28)26(33)21(3)35-27-30-29-25(24-14-17-34-20(24)2)32(27)18-22-8-5-4-6-9-22/h4-6,8-14,17,21H,7,16,18H2,1-3H3. The van der Waals surface area contributed by atoms with E-state index in [-0.39, 0.29) is 12.3 Å². The van der Waals surface area contributed by atoms with Crippen molar-refractivity contribution in [1.29, 1.82) is 5.26 Å². The Kier molecular flexibility index (Phi) is 7.68. The zero-order valence-electron chi connectivity index (χ0n) is 20.0. The molecule has 2 heterocycles. The first-order valence-corrected chi connectivity index (χ1v) is 12.3. The molecule has 4 aromatic rings. The van der Waals surface area contributed by atoms with Gasteiger partial charge in [-0.15, -0.1) is 10.2 Å². The van der Waals surface area contributed by atoms with Crippen LogP contribution >= 0.6 is 11.8 Å². The van der Waals surface area contributed by atoms with Crippen molar-refractivity contribution in [3.05, 3.63) is 83.8 Å². The summed E-state index contributed by atoms with van der Waals surface area (Å²) in [7, 11) is 0. The Morgan fingerprint density at radius 1 is 1.11 bits per heavy atom. The van der Waals surface area contributed by atoms with Gasteiger partial charge < -0.3 is 9.32 Å². The lowest BCUT2D eigenvalue weighted by atomic mass is 10.2. The third kappa shape index (κ3) is 5.64. The molecule has 0 spiro atoms. The van der Waals surface area contributed by atoms with Crippen molar-refractivity contribution >= 4 is 23.4 Å². The Bertz CT molecular complexity index is 1320. The van der Waals surface area contributed by atoms with Gasteiger partial charge in [-0.2, -0.15) is 5.26 Å². The van der Waals surface area contributed by atoms with E-state index in [1.807, 2.05) is 73.9 Å². The van der Waals surface area contributed by atoms with E-state index in [1.165, 1.54) is 11.8 Å². The van der Waals surface area contributed by atoms with Crippen LogP contribution in [-0.2, 0) is 11.3 Å². The average molecular weight is 486 g/mol. The van der Waals surface area contributed by atoms with Crippen molar-refractivity contribution in [3.63, 3.8) is 0 Å². The van der Waals surface area contributed by atoms with E-state index in [0.29, 0.717) is 24.1 Å². The predicted molar refractivity (Wildman–Crippen MR) is 137 cm³/mol. The maximum absolute atomic E-state index is 13.5. The summed E-state index contributed by atoms with van der Waals surface area (Å²) in [6.07, 6.45) is 1.89. The van der Waals surface area contributed by atoms with Crippen molar-refractivity contribution in [2.45, 2.75) is 44.1 Å². The van der Waals surface area contributed by atoms with Gasteiger partial charge in [0.15, 0.2) is 11.0 Å². The van der Waals surface area contributed by atoms with Crippen molar-refractivity contribution < 1.29 is 9.21 Å². The number of amides is 1.